The first kappa shape index (κ1) is 47.5. The van der Waals surface area contributed by atoms with Crippen LogP contribution in [0.15, 0.2) is 101 Å². The summed E-state index contributed by atoms with van der Waals surface area (Å²) in [6.45, 7) is 7.35. The molecule has 0 radical (unpaired) electrons. The van der Waals surface area contributed by atoms with Gasteiger partial charge in [0.15, 0.2) is 19.7 Å². The van der Waals surface area contributed by atoms with Crippen molar-refractivity contribution >= 4 is 37.2 Å². The number of aliphatic carboxylic acids is 1. The van der Waals surface area contributed by atoms with Crippen molar-refractivity contribution < 1.29 is 51.2 Å². The summed E-state index contributed by atoms with van der Waals surface area (Å²) in [5.74, 6) is -0.0639. The van der Waals surface area contributed by atoms with Gasteiger partial charge in [-0.15, -0.1) is 0 Å². The lowest BCUT2D eigenvalue weighted by atomic mass is 9.89. The summed E-state index contributed by atoms with van der Waals surface area (Å²) in [5, 5.41) is 32.4. The number of β-amino-alcohol motifs (C(OH)–C–C–N with tert-alkyl or cyclic N) is 1. The largest absolute Gasteiger partial charge is 0.492 e. The molecule has 63 heavy (non-hydrogen) atoms. The lowest BCUT2D eigenvalue weighted by molar-refractivity contribution is -0.145. The Kier molecular flexibility index (Phi) is 14.9. The van der Waals surface area contributed by atoms with Crippen molar-refractivity contribution in [1.29, 1.82) is 0 Å². The van der Waals surface area contributed by atoms with Crippen LogP contribution in [-0.2, 0) is 44.2 Å². The minimum Gasteiger partial charge on any atom is -0.492 e. The molecule has 1 heterocycles. The Hall–Kier alpha value is -5.00. The lowest BCUT2D eigenvalue weighted by Crippen LogP contribution is -2.52. The first-order valence-corrected chi connectivity index (χ1v) is 24.5. The van der Waals surface area contributed by atoms with Crippen LogP contribution in [-0.4, -0.2) is 100 Å². The Morgan fingerprint density at radius 2 is 1.43 bits per heavy atom. The fraction of sp³-hybridized carbons (Fsp3) is 0.340. The number of aliphatic hydroxyl groups is 2. The number of nitrogens with zero attached hydrogens (tertiary/aromatic N) is 1. The number of hydrogen-bond donors (Lipinski definition) is 4. The van der Waals surface area contributed by atoms with E-state index in [-0.39, 0.29) is 57.7 Å². The molecule has 2 atom stereocenters. The number of carboxylic acids is 1. The average Bonchev–Trinajstić information content (AvgIpc) is 3.66. The second kappa shape index (κ2) is 19.8. The Bertz CT molecular complexity index is 2640. The molecule has 4 N–H and O–H groups in total. The van der Waals surface area contributed by atoms with Gasteiger partial charge in [-0.3, -0.25) is 15.0 Å². The van der Waals surface area contributed by atoms with Gasteiger partial charge in [0.2, 0.25) is 0 Å². The highest BCUT2D eigenvalue weighted by Gasteiger charge is 2.32. The fourth-order valence-corrected chi connectivity index (χ4v) is 9.05. The number of carboxylic acid groups (broad SMARTS) is 1. The number of sulfone groups is 2. The molecule has 1 unspecified atom stereocenters. The molecule has 0 aliphatic carbocycles. The van der Waals surface area contributed by atoms with Crippen LogP contribution < -0.4 is 19.5 Å². The molecule has 1 aliphatic heterocycles. The van der Waals surface area contributed by atoms with Crippen molar-refractivity contribution in [2.75, 3.05) is 45.4 Å². The summed E-state index contributed by atoms with van der Waals surface area (Å²) in [4.78, 5) is 13.8. The van der Waals surface area contributed by atoms with Crippen LogP contribution in [0.2, 0.25) is 5.02 Å². The van der Waals surface area contributed by atoms with E-state index in [2.05, 4.69) is 47.5 Å². The van der Waals surface area contributed by atoms with E-state index in [0.717, 1.165) is 82.8 Å². The molecule has 5 aromatic carbocycles. The first-order chi connectivity index (χ1) is 29.8. The number of halogens is 1. The minimum absolute atomic E-state index is 0.112. The van der Waals surface area contributed by atoms with Gasteiger partial charge in [-0.25, -0.2) is 16.8 Å². The van der Waals surface area contributed by atoms with Gasteiger partial charge in [-0.2, -0.15) is 0 Å². The summed E-state index contributed by atoms with van der Waals surface area (Å²) in [6.07, 6.45) is 2.50. The topological polar surface area (TPSA) is 189 Å². The van der Waals surface area contributed by atoms with Gasteiger partial charge in [0, 0.05) is 50.3 Å². The van der Waals surface area contributed by atoms with Gasteiger partial charge in [-0.05, 0) is 108 Å². The van der Waals surface area contributed by atoms with Crippen molar-refractivity contribution in [2.45, 2.75) is 68.4 Å². The predicted molar refractivity (Wildman–Crippen MR) is 242 cm³/mol. The van der Waals surface area contributed by atoms with Gasteiger partial charge in [-0.1, -0.05) is 60.1 Å². The van der Waals surface area contributed by atoms with Gasteiger partial charge < -0.3 is 29.5 Å². The Labute approximate surface area is 374 Å². The van der Waals surface area contributed by atoms with Crippen LogP contribution in [0.3, 0.4) is 0 Å². The van der Waals surface area contributed by atoms with Gasteiger partial charge in [0.05, 0.1) is 27.5 Å². The molecule has 13 nitrogen and oxygen atoms in total. The van der Waals surface area contributed by atoms with E-state index >= 15 is 0 Å². The number of nitrogens with one attached hydrogen (secondary N) is 1. The molecule has 0 saturated carbocycles. The molecule has 1 aliphatic rings. The van der Waals surface area contributed by atoms with Crippen molar-refractivity contribution in [2.24, 2.45) is 0 Å². The molecule has 0 spiro atoms. The quantitative estimate of drug-likeness (QED) is 0.0692. The van der Waals surface area contributed by atoms with Crippen molar-refractivity contribution in [3.05, 3.63) is 124 Å². The molecule has 16 heteroatoms. The number of aliphatic hydroxyl groups excluding tert-OH is 2. The Balaban J connectivity index is 1.23. The molecule has 1 saturated heterocycles. The average molecular weight is 922 g/mol. The van der Waals surface area contributed by atoms with E-state index in [9.17, 15) is 36.9 Å². The molecule has 0 aromatic heterocycles. The number of ether oxygens (including phenoxy) is 3. The van der Waals surface area contributed by atoms with Crippen molar-refractivity contribution in [3.8, 4) is 39.5 Å². The molecule has 0 amide bonds. The lowest BCUT2D eigenvalue weighted by Gasteiger charge is -2.25. The second-order valence-electron chi connectivity index (χ2n) is 16.2. The second-order valence-corrected chi connectivity index (χ2v) is 20.6. The summed E-state index contributed by atoms with van der Waals surface area (Å²) in [5.41, 5.74) is 6.13. The summed E-state index contributed by atoms with van der Waals surface area (Å²) in [7, 11) is -7.58. The molecular weight excluding hydrogens is 868 g/mol. The van der Waals surface area contributed by atoms with E-state index in [4.69, 9.17) is 25.8 Å². The van der Waals surface area contributed by atoms with Crippen molar-refractivity contribution in [1.82, 2.24) is 10.2 Å². The highest BCUT2D eigenvalue weighted by molar-refractivity contribution is 7.91. The standard InChI is InChI=1S/C47H53ClN2O11S2/c1-30-34(8-6-10-41(30)42-11-7-9-40(31(42)2)33-12-14-37(15-13-33)59-19-18-50-17-16-36(52)26-50)28-61-45-24-44(35(22-43(45)48)25-49-47(3,29-51)46(53)54)60-27-32-20-38(62(4,55)56)23-39(21-32)63(5,57)58/h6-15,20-24,36,49,51-52H,16-19,25-29H2,1-5H3,(H,53,54)/t36-,47?/m1/s1. The number of benzene rings is 5. The van der Waals surface area contributed by atoms with E-state index in [1.165, 1.54) is 25.1 Å². The zero-order chi connectivity index (χ0) is 45.7. The van der Waals surface area contributed by atoms with Gasteiger partial charge >= 0.3 is 5.97 Å². The van der Waals surface area contributed by atoms with Crippen molar-refractivity contribution in [3.63, 3.8) is 0 Å². The van der Waals surface area contributed by atoms with Crippen LogP contribution >= 0.6 is 11.6 Å². The van der Waals surface area contributed by atoms with Crippen LogP contribution in [0.4, 0.5) is 0 Å². The number of rotatable bonds is 19. The predicted octanol–water partition coefficient (Wildman–Crippen LogP) is 6.63. The third-order valence-corrected chi connectivity index (χ3v) is 13.8. The van der Waals surface area contributed by atoms with E-state index in [1.807, 2.05) is 37.3 Å². The number of likely N-dealkylation sites (tertiary alicyclic amines) is 1. The SMILES string of the molecule is Cc1c(COc2cc(OCc3cc(S(C)(=O)=O)cc(S(C)(=O)=O)c3)c(CNC(C)(CO)C(=O)O)cc2Cl)cccc1-c1cccc(-c2ccc(OCCN3CC[C@@H](O)C3)cc2)c1C. The Morgan fingerprint density at radius 1 is 0.810 bits per heavy atom. The van der Waals surface area contributed by atoms with Crippen LogP contribution in [0.5, 0.6) is 17.2 Å². The van der Waals surface area contributed by atoms with Gasteiger partial charge in [0.25, 0.3) is 0 Å². The maximum Gasteiger partial charge on any atom is 0.326 e. The fourth-order valence-electron chi connectivity index (χ4n) is 7.32. The van der Waals surface area contributed by atoms with Gasteiger partial charge in [0.1, 0.15) is 42.6 Å². The van der Waals surface area contributed by atoms with E-state index < -0.39 is 37.8 Å². The highest BCUT2D eigenvalue weighted by Crippen LogP contribution is 2.37. The van der Waals surface area contributed by atoms with E-state index in [0.29, 0.717) is 18.7 Å². The molecule has 1 fully saturated rings. The molecular formula is C47H53ClN2O11S2. The maximum absolute atomic E-state index is 12.5. The van der Waals surface area contributed by atoms with Crippen LogP contribution in [0, 0.1) is 13.8 Å². The zero-order valence-corrected chi connectivity index (χ0v) is 38.2. The number of carbonyl (C=O) groups is 1. The smallest absolute Gasteiger partial charge is 0.326 e. The van der Waals surface area contributed by atoms with Crippen LogP contribution in [0.25, 0.3) is 22.3 Å². The molecule has 6 rings (SSSR count). The molecule has 336 valence electrons. The third kappa shape index (κ3) is 11.8. The highest BCUT2D eigenvalue weighted by atomic mass is 35.5. The number of hydrogen-bond acceptors (Lipinski definition) is 12. The normalized spacial score (nSPS) is 15.5. The zero-order valence-electron chi connectivity index (χ0n) is 35.9. The van der Waals surface area contributed by atoms with E-state index in [1.54, 1.807) is 6.07 Å². The van der Waals surface area contributed by atoms with Crippen LogP contribution in [0.1, 0.15) is 41.2 Å². The summed E-state index contributed by atoms with van der Waals surface area (Å²) >= 11 is 6.78. The monoisotopic (exact) mass is 920 g/mol. The summed E-state index contributed by atoms with van der Waals surface area (Å²) in [6, 6.07) is 27.1. The minimum atomic E-state index is -3.79. The Morgan fingerprint density at radius 3 is 2.03 bits per heavy atom. The molecule has 0 bridgehead atoms. The third-order valence-electron chi connectivity index (χ3n) is 11.3. The summed E-state index contributed by atoms with van der Waals surface area (Å²) < 4.78 is 68.3. The maximum atomic E-state index is 12.5. The first-order valence-electron chi connectivity index (χ1n) is 20.3. The molecule has 5 aromatic rings.